The molecular formula is C19H30N3O4S+. The van der Waals surface area contributed by atoms with E-state index in [1.54, 1.807) is 33.5 Å². The van der Waals surface area contributed by atoms with Crippen LogP contribution in [0.5, 0.6) is 0 Å². The van der Waals surface area contributed by atoms with E-state index < -0.39 is 10.0 Å². The average molecular weight is 397 g/mol. The highest BCUT2D eigenvalue weighted by atomic mass is 32.2. The molecule has 1 aromatic rings. The number of hydrogen-bond acceptors (Lipinski definition) is 4. The summed E-state index contributed by atoms with van der Waals surface area (Å²) >= 11 is 0. The van der Waals surface area contributed by atoms with Gasteiger partial charge >= 0.3 is 0 Å². The number of benzene rings is 1. The van der Waals surface area contributed by atoms with E-state index in [4.69, 9.17) is 5.11 Å². The quantitative estimate of drug-likeness (QED) is 0.709. The Hall–Kier alpha value is -1.48. The maximum Gasteiger partial charge on any atom is 0.254 e. The fourth-order valence-corrected chi connectivity index (χ4v) is 5.33. The number of sulfonamides is 1. The summed E-state index contributed by atoms with van der Waals surface area (Å²) in [4.78, 5) is 16.1. The summed E-state index contributed by atoms with van der Waals surface area (Å²) in [7, 11) is -3.48. The molecule has 0 bridgehead atoms. The lowest BCUT2D eigenvalue weighted by molar-refractivity contribution is -0.904. The van der Waals surface area contributed by atoms with Crippen molar-refractivity contribution < 1.29 is 23.2 Å². The second kappa shape index (κ2) is 9.14. The third-order valence-electron chi connectivity index (χ3n) is 5.53. The van der Waals surface area contributed by atoms with E-state index in [2.05, 4.69) is 0 Å². The molecule has 2 heterocycles. The molecule has 2 N–H and O–H groups in total. The zero-order valence-corrected chi connectivity index (χ0v) is 16.6. The van der Waals surface area contributed by atoms with Gasteiger partial charge in [0, 0.05) is 18.7 Å². The molecule has 3 rings (SSSR count). The van der Waals surface area contributed by atoms with Crippen molar-refractivity contribution in [2.45, 2.75) is 30.6 Å². The molecule has 8 heteroatoms. The van der Waals surface area contributed by atoms with Crippen LogP contribution in [-0.2, 0) is 10.0 Å². The summed E-state index contributed by atoms with van der Waals surface area (Å²) in [6.45, 7) is 4.99. The van der Waals surface area contributed by atoms with Crippen LogP contribution < -0.4 is 4.90 Å². The van der Waals surface area contributed by atoms with Crippen LogP contribution in [0, 0.1) is 0 Å². The van der Waals surface area contributed by atoms with Crippen molar-refractivity contribution in [1.29, 1.82) is 0 Å². The Morgan fingerprint density at radius 2 is 1.56 bits per heavy atom. The first-order chi connectivity index (χ1) is 13.0. The molecule has 150 valence electrons. The summed E-state index contributed by atoms with van der Waals surface area (Å²) in [5.41, 5.74) is 0.524. The van der Waals surface area contributed by atoms with Crippen molar-refractivity contribution in [2.75, 3.05) is 52.4 Å². The van der Waals surface area contributed by atoms with Crippen LogP contribution in [0.2, 0.25) is 0 Å². The van der Waals surface area contributed by atoms with Crippen molar-refractivity contribution in [3.63, 3.8) is 0 Å². The van der Waals surface area contributed by atoms with Gasteiger partial charge in [-0.2, -0.15) is 4.31 Å². The smallest absolute Gasteiger partial charge is 0.254 e. The van der Waals surface area contributed by atoms with Crippen molar-refractivity contribution in [3.05, 3.63) is 29.8 Å². The number of carbonyl (C=O) groups is 1. The van der Waals surface area contributed by atoms with Gasteiger partial charge in [0.25, 0.3) is 5.91 Å². The number of aliphatic hydroxyl groups excluding tert-OH is 1. The second-order valence-corrected chi connectivity index (χ2v) is 9.30. The molecule has 27 heavy (non-hydrogen) atoms. The number of amides is 1. The minimum absolute atomic E-state index is 0.0585. The molecule has 0 unspecified atom stereocenters. The predicted molar refractivity (Wildman–Crippen MR) is 102 cm³/mol. The fraction of sp³-hybridized carbons (Fsp3) is 0.632. The Labute approximate surface area is 161 Å². The number of piperazine rings is 1. The second-order valence-electron chi connectivity index (χ2n) is 7.36. The Balaban J connectivity index is 1.65. The average Bonchev–Trinajstić information content (AvgIpc) is 2.98. The van der Waals surface area contributed by atoms with Crippen LogP contribution in [0.1, 0.15) is 36.0 Å². The lowest BCUT2D eigenvalue weighted by Gasteiger charge is -2.32. The van der Waals surface area contributed by atoms with E-state index in [0.29, 0.717) is 38.3 Å². The topological polar surface area (TPSA) is 82.4 Å². The molecule has 2 aliphatic heterocycles. The molecule has 2 saturated heterocycles. The third kappa shape index (κ3) is 4.87. The van der Waals surface area contributed by atoms with Gasteiger partial charge in [-0.05, 0) is 37.1 Å². The van der Waals surface area contributed by atoms with Gasteiger partial charge in [0.1, 0.15) is 6.54 Å². The summed E-state index contributed by atoms with van der Waals surface area (Å²) < 4.78 is 27.2. The maximum atomic E-state index is 12.8. The minimum atomic E-state index is -3.48. The van der Waals surface area contributed by atoms with Crippen LogP contribution in [0.4, 0.5) is 0 Å². The highest BCUT2D eigenvalue weighted by Crippen LogP contribution is 2.21. The number of hydrogen-bond donors (Lipinski definition) is 2. The van der Waals surface area contributed by atoms with Crippen LogP contribution in [0.15, 0.2) is 29.2 Å². The molecule has 0 aliphatic carbocycles. The van der Waals surface area contributed by atoms with Crippen molar-refractivity contribution in [3.8, 4) is 0 Å². The SMILES string of the molecule is O=C(c1ccc(S(=O)(=O)N2CCCCCC2)cc1)N1CC[NH+](CCO)CC1. The predicted octanol–water partition coefficient (Wildman–Crippen LogP) is -0.416. The van der Waals surface area contributed by atoms with Gasteiger partial charge in [0.05, 0.1) is 37.7 Å². The van der Waals surface area contributed by atoms with Gasteiger partial charge in [0.15, 0.2) is 0 Å². The zero-order valence-electron chi connectivity index (χ0n) is 15.8. The van der Waals surface area contributed by atoms with Gasteiger partial charge in [0.2, 0.25) is 10.0 Å². The lowest BCUT2D eigenvalue weighted by Crippen LogP contribution is -3.15. The lowest BCUT2D eigenvalue weighted by atomic mass is 10.2. The van der Waals surface area contributed by atoms with Crippen LogP contribution >= 0.6 is 0 Å². The molecule has 0 spiro atoms. The molecule has 0 saturated carbocycles. The van der Waals surface area contributed by atoms with E-state index >= 15 is 0 Å². The first kappa shape index (κ1) is 20.3. The molecule has 7 nitrogen and oxygen atoms in total. The van der Waals surface area contributed by atoms with Gasteiger partial charge in [-0.3, -0.25) is 4.79 Å². The first-order valence-electron chi connectivity index (χ1n) is 9.86. The maximum absolute atomic E-state index is 12.8. The summed E-state index contributed by atoms with van der Waals surface area (Å²) in [6.07, 6.45) is 3.96. The highest BCUT2D eigenvalue weighted by Gasteiger charge is 2.27. The minimum Gasteiger partial charge on any atom is -0.391 e. The Kier molecular flexibility index (Phi) is 6.86. The van der Waals surface area contributed by atoms with Crippen LogP contribution in [-0.4, -0.2) is 81.1 Å². The van der Waals surface area contributed by atoms with Crippen molar-refractivity contribution >= 4 is 15.9 Å². The Bertz CT molecular complexity index is 720. The number of rotatable bonds is 5. The molecule has 0 radical (unpaired) electrons. The number of quaternary nitrogens is 1. The number of nitrogens with one attached hydrogen (secondary N) is 1. The summed E-state index contributed by atoms with van der Waals surface area (Å²) in [5, 5.41) is 9.02. The highest BCUT2D eigenvalue weighted by molar-refractivity contribution is 7.89. The van der Waals surface area contributed by atoms with E-state index in [1.165, 1.54) is 4.90 Å². The van der Waals surface area contributed by atoms with Crippen molar-refractivity contribution in [1.82, 2.24) is 9.21 Å². The monoisotopic (exact) mass is 396 g/mol. The van der Waals surface area contributed by atoms with Crippen LogP contribution in [0.25, 0.3) is 0 Å². The van der Waals surface area contributed by atoms with Gasteiger partial charge in [-0.15, -0.1) is 0 Å². The summed E-state index contributed by atoms with van der Waals surface area (Å²) in [5.74, 6) is -0.0585. The van der Waals surface area contributed by atoms with Crippen molar-refractivity contribution in [2.24, 2.45) is 0 Å². The third-order valence-corrected chi connectivity index (χ3v) is 7.44. The van der Waals surface area contributed by atoms with E-state index in [-0.39, 0.29) is 17.4 Å². The van der Waals surface area contributed by atoms with E-state index in [0.717, 1.165) is 38.8 Å². The Morgan fingerprint density at radius 3 is 2.11 bits per heavy atom. The molecular weight excluding hydrogens is 366 g/mol. The number of carbonyl (C=O) groups excluding carboxylic acids is 1. The zero-order chi connectivity index (χ0) is 19.3. The van der Waals surface area contributed by atoms with Gasteiger partial charge in [-0.25, -0.2) is 8.42 Å². The Morgan fingerprint density at radius 1 is 0.963 bits per heavy atom. The normalized spacial score (nSPS) is 20.4. The van der Waals surface area contributed by atoms with Gasteiger partial charge in [-0.1, -0.05) is 12.8 Å². The molecule has 0 atom stereocenters. The standard InChI is InChI=1S/C19H29N3O4S/c23-16-15-20-11-13-21(14-12-20)19(24)17-5-7-18(8-6-17)27(25,26)22-9-3-1-2-4-10-22/h5-8,23H,1-4,9-16H2/p+1. The van der Waals surface area contributed by atoms with Gasteiger partial charge < -0.3 is 14.9 Å². The van der Waals surface area contributed by atoms with E-state index in [1.807, 2.05) is 0 Å². The number of aliphatic hydroxyl groups is 1. The van der Waals surface area contributed by atoms with Crippen LogP contribution in [0.3, 0.4) is 0 Å². The summed E-state index contributed by atoms with van der Waals surface area (Å²) in [6, 6.07) is 6.36. The van der Waals surface area contributed by atoms with E-state index in [9.17, 15) is 13.2 Å². The number of nitrogens with zero attached hydrogens (tertiary/aromatic N) is 2. The molecule has 0 aromatic heterocycles. The molecule has 1 amide bonds. The first-order valence-corrected chi connectivity index (χ1v) is 11.3. The fourth-order valence-electron chi connectivity index (χ4n) is 3.82. The largest absolute Gasteiger partial charge is 0.391 e. The molecule has 1 aromatic carbocycles. The molecule has 2 fully saturated rings. The molecule has 2 aliphatic rings.